The molecule has 9 saturated heterocycles. The third-order valence-corrected chi connectivity index (χ3v) is 21.2. The highest BCUT2D eigenvalue weighted by molar-refractivity contribution is 5.75. The maximum atomic E-state index is 13.1. The van der Waals surface area contributed by atoms with Gasteiger partial charge in [0.15, 0.2) is 56.6 Å². The van der Waals surface area contributed by atoms with Gasteiger partial charge in [0.05, 0.1) is 59.5 Å². The number of aliphatic hydroxyl groups is 23. The van der Waals surface area contributed by atoms with Gasteiger partial charge in [-0.05, 0) is 0 Å². The highest BCUT2D eigenvalue weighted by Crippen LogP contribution is 2.40. The summed E-state index contributed by atoms with van der Waals surface area (Å²) in [6, 6.07) is -10.8. The Balaban J connectivity index is 1.06. The summed E-state index contributed by atoms with van der Waals surface area (Å²) >= 11 is 0. The van der Waals surface area contributed by atoms with Crippen molar-refractivity contribution in [3.05, 3.63) is 0 Å². The lowest BCUT2D eigenvalue weighted by Gasteiger charge is -2.51. The van der Waals surface area contributed by atoms with E-state index in [9.17, 15) is 146 Å². The highest BCUT2D eigenvalue weighted by Gasteiger charge is 2.61. The quantitative estimate of drug-likeness (QED) is 0.0306. The third kappa shape index (κ3) is 21.9. The molecule has 6 amide bonds. The summed E-state index contributed by atoms with van der Waals surface area (Å²) in [6.07, 6.45) is -80.8. The van der Waals surface area contributed by atoms with Crippen LogP contribution < -0.4 is 31.9 Å². The average Bonchev–Trinajstić information content (AvgIpc) is 0.770. The van der Waals surface area contributed by atoms with Crippen molar-refractivity contribution in [3.8, 4) is 0 Å². The molecule has 0 unspecified atom stereocenters. The van der Waals surface area contributed by atoms with Crippen LogP contribution in [0.4, 0.5) is 0 Å². The Bertz CT molecular complexity index is 3230. The third-order valence-electron chi connectivity index (χ3n) is 21.2. The summed E-state index contributed by atoms with van der Waals surface area (Å²) in [6.45, 7) is -4.04. The van der Waals surface area contributed by atoms with Gasteiger partial charge in [-0.3, -0.25) is 28.8 Å². The topological polar surface area (TPSA) is 797 Å². The van der Waals surface area contributed by atoms with Crippen molar-refractivity contribution in [2.75, 3.05) is 59.5 Å². The first-order valence-electron chi connectivity index (χ1n) is 37.6. The van der Waals surface area contributed by atoms with Crippen molar-refractivity contribution in [2.24, 2.45) is 0 Å². The van der Waals surface area contributed by atoms with E-state index in [1.54, 1.807) is 0 Å². The molecular formula is C66H110N6O46. The standard InChI is InChI=1S/C66H110N6O46/c1-16(81)67-31-44(94)51(26(11-77)103-58(31)101)112-61-34(70-19(4)84)47(97)54(29(14-80)108-61)115-64-50(100)55(116-66-57(49(99)40(90)25(10-76)107-66)118-63-36(72-21(6)86)46(96)53(28(13-79)110-63)114-60-33(69-18(3)83)43(93)38(88)23(8-74)105-60)41(91)30(111-64)15-102-65-56(48(98)39(89)24(9-75)106-65)117-62-35(71-20(5)85)45(95)52(27(12-78)109-62)113-59-32(68-17(2)82)42(92)37(87)22(7-73)104-59/h22-66,73-80,87-101H,7-15H2,1-6H3,(H,67,81)(H,68,82)(H,69,83)(H,70,84)(H,71,85)(H,72,86)/t22-,23-,24-,25-,26-,27-,28-,29-,30-,31-,32-,33-,34-,35-,36-,37-,38-,39-,40-,41-,42-,43-,44-,45-,46-,47-,48+,49+,50+,51-,52-,53-,54-,55+,56+,57+,58-,59+,60+,61+,62+,63+,64+,65+,66-/m1/s1. The molecule has 9 rings (SSSR count). The Kier molecular flexibility index (Phi) is 35.1. The lowest BCUT2D eigenvalue weighted by atomic mass is 9.93. The highest BCUT2D eigenvalue weighted by atomic mass is 16.8. The van der Waals surface area contributed by atoms with Gasteiger partial charge in [0.25, 0.3) is 0 Å². The van der Waals surface area contributed by atoms with Crippen LogP contribution in [-0.2, 0) is 109 Å². The molecule has 9 aliphatic heterocycles. The molecule has 0 aromatic heterocycles. The molecule has 29 N–H and O–H groups in total. The number of hydrogen-bond donors (Lipinski definition) is 29. The van der Waals surface area contributed by atoms with Gasteiger partial charge in [-0.15, -0.1) is 0 Å². The van der Waals surface area contributed by atoms with Gasteiger partial charge in [0, 0.05) is 41.5 Å². The zero-order valence-electron chi connectivity index (χ0n) is 64.0. The summed E-state index contributed by atoms with van der Waals surface area (Å²) in [5.74, 6) is -5.25. The molecule has 52 nitrogen and oxygen atoms in total. The van der Waals surface area contributed by atoms with Gasteiger partial charge in [0.1, 0.15) is 219 Å². The minimum Gasteiger partial charge on any atom is -0.394 e. The van der Waals surface area contributed by atoms with Crippen molar-refractivity contribution in [1.29, 1.82) is 0 Å². The second kappa shape index (κ2) is 42.7. The lowest BCUT2D eigenvalue weighted by molar-refractivity contribution is -0.398. The summed E-state index contributed by atoms with van der Waals surface area (Å²) < 4.78 is 102. The van der Waals surface area contributed by atoms with E-state index in [0.717, 1.165) is 41.5 Å². The predicted molar refractivity (Wildman–Crippen MR) is 367 cm³/mol. The largest absolute Gasteiger partial charge is 0.394 e. The summed E-state index contributed by atoms with van der Waals surface area (Å²) in [5, 5.41) is 273. The van der Waals surface area contributed by atoms with E-state index in [1.807, 2.05) is 0 Å². The molecule has 45 atom stereocenters. The Hall–Kier alpha value is -4.78. The molecule has 0 saturated carbocycles. The molecule has 0 spiro atoms. The van der Waals surface area contributed by atoms with Crippen molar-refractivity contribution >= 4 is 35.4 Å². The van der Waals surface area contributed by atoms with Crippen molar-refractivity contribution in [3.63, 3.8) is 0 Å². The van der Waals surface area contributed by atoms with Gasteiger partial charge in [0.2, 0.25) is 35.4 Å². The first-order chi connectivity index (χ1) is 55.8. The molecule has 0 bridgehead atoms. The Labute approximate surface area is 669 Å². The van der Waals surface area contributed by atoms with Gasteiger partial charge < -0.3 is 230 Å². The molecule has 0 aromatic carbocycles. The molecule has 52 heteroatoms. The maximum absolute atomic E-state index is 13.1. The molecule has 118 heavy (non-hydrogen) atoms. The van der Waals surface area contributed by atoms with E-state index in [2.05, 4.69) is 31.9 Å². The number of carbonyl (C=O) groups is 6. The van der Waals surface area contributed by atoms with E-state index in [4.69, 9.17) is 80.5 Å². The molecular weight excluding hydrogens is 1610 g/mol. The average molecular weight is 1720 g/mol. The molecule has 680 valence electrons. The molecule has 0 aliphatic carbocycles. The maximum Gasteiger partial charge on any atom is 0.217 e. The monoisotopic (exact) mass is 1720 g/mol. The van der Waals surface area contributed by atoms with Crippen LogP contribution in [0.2, 0.25) is 0 Å². The van der Waals surface area contributed by atoms with Gasteiger partial charge in [-0.2, -0.15) is 0 Å². The van der Waals surface area contributed by atoms with Crippen molar-refractivity contribution in [2.45, 2.75) is 318 Å². The van der Waals surface area contributed by atoms with E-state index in [1.165, 1.54) is 0 Å². The zero-order valence-corrected chi connectivity index (χ0v) is 64.0. The second-order valence-corrected chi connectivity index (χ2v) is 29.6. The van der Waals surface area contributed by atoms with E-state index >= 15 is 0 Å². The van der Waals surface area contributed by atoms with Crippen LogP contribution in [0.5, 0.6) is 0 Å². The van der Waals surface area contributed by atoms with E-state index in [0.29, 0.717) is 0 Å². The van der Waals surface area contributed by atoms with Crippen LogP contribution >= 0.6 is 0 Å². The van der Waals surface area contributed by atoms with Gasteiger partial charge in [-0.25, -0.2) is 0 Å². The van der Waals surface area contributed by atoms with Crippen LogP contribution in [0.1, 0.15) is 41.5 Å². The Morgan fingerprint density at radius 3 is 0.771 bits per heavy atom. The van der Waals surface area contributed by atoms with Crippen LogP contribution in [0.3, 0.4) is 0 Å². The Morgan fingerprint density at radius 2 is 0.449 bits per heavy atom. The fourth-order valence-corrected chi connectivity index (χ4v) is 15.3. The van der Waals surface area contributed by atoms with Gasteiger partial charge in [-0.1, -0.05) is 0 Å². The van der Waals surface area contributed by atoms with Crippen LogP contribution in [0.25, 0.3) is 0 Å². The molecule has 0 aromatic rings. The van der Waals surface area contributed by atoms with Crippen molar-refractivity contribution in [1.82, 2.24) is 31.9 Å². The van der Waals surface area contributed by atoms with E-state index < -0.39 is 371 Å². The normalized spacial score (nSPS) is 46.9. The lowest BCUT2D eigenvalue weighted by Crippen LogP contribution is -2.71. The molecule has 9 heterocycles. The zero-order chi connectivity index (χ0) is 87.1. The Morgan fingerprint density at radius 1 is 0.220 bits per heavy atom. The van der Waals surface area contributed by atoms with Crippen LogP contribution in [0.15, 0.2) is 0 Å². The first-order valence-corrected chi connectivity index (χ1v) is 37.6. The van der Waals surface area contributed by atoms with Gasteiger partial charge >= 0.3 is 0 Å². The SMILES string of the molecule is CC(=O)N[C@@H]1[C@@H](O)[C@H](O[C@@H]2O[C@H](CO)[C@@H](O[C@@H]3O[C@H](CO[C@H]4O[C@H](CO)[C@@H](O)[C@H](O)[C@@H]4O[C@@H]4O[C@H](CO)[C@@H](O[C@@H]5O[C@H](CO)[C@@H](O)[C@H](O)[C@H]5NC(C)=O)[C@H](O)[C@H]4NC(C)=O)[C@@H](O)[C@H](O[C@H]4O[C@H](CO)[C@@H](O)[C@H](O)[C@@H]4O[C@@H]4O[C@H](CO)[C@@H](O[C@@H]5O[C@H](CO)[C@@H](O)[C@H](O)[C@H]5NC(C)=O)[C@H](O)[C@H]4NC(C)=O)[C@@H]3O)[C@H](O)[C@H]2NC(C)=O)[C@@H](CO)O[C@H]1O. The fraction of sp³-hybridized carbons (Fsp3) is 0.909. The molecule has 0 radical (unpaired) electrons. The number of ether oxygens (including phenoxy) is 17. The summed E-state index contributed by atoms with van der Waals surface area (Å²) in [4.78, 5) is 76.0. The number of hydrogen-bond acceptors (Lipinski definition) is 46. The summed E-state index contributed by atoms with van der Waals surface area (Å²) in [7, 11) is 0. The fourth-order valence-electron chi connectivity index (χ4n) is 15.3. The number of carbonyl (C=O) groups excluding carboxylic acids is 6. The molecule has 9 fully saturated rings. The molecule has 9 aliphatic rings. The van der Waals surface area contributed by atoms with Crippen molar-refractivity contribution < 1.29 is 227 Å². The summed E-state index contributed by atoms with van der Waals surface area (Å²) in [5.41, 5.74) is 0. The minimum absolute atomic E-state index is 0.792. The first kappa shape index (κ1) is 97.0. The predicted octanol–water partition coefficient (Wildman–Crippen LogP) is -19.8. The number of nitrogens with one attached hydrogen (secondary N) is 6. The number of rotatable bonds is 31. The number of aliphatic hydroxyl groups excluding tert-OH is 23. The minimum atomic E-state index is -2.59. The second-order valence-electron chi connectivity index (χ2n) is 29.6. The van der Waals surface area contributed by atoms with Crippen LogP contribution in [-0.4, -0.2) is 488 Å². The van der Waals surface area contributed by atoms with E-state index in [-0.39, 0.29) is 0 Å². The number of amides is 6. The smallest absolute Gasteiger partial charge is 0.217 e. The van der Waals surface area contributed by atoms with Crippen LogP contribution in [0, 0.1) is 0 Å².